The smallest absolute Gasteiger partial charge is 0.272 e. The maximum absolute atomic E-state index is 11.8. The van der Waals surface area contributed by atoms with Crippen LogP contribution >= 0.6 is 0 Å². The van der Waals surface area contributed by atoms with Gasteiger partial charge in [-0.15, -0.1) is 0 Å². The molecule has 0 bridgehead atoms. The second-order valence-corrected chi connectivity index (χ2v) is 4.44. The zero-order valence-corrected chi connectivity index (χ0v) is 11.6. The summed E-state index contributed by atoms with van der Waals surface area (Å²) in [5, 5.41) is 12.0. The molecule has 10 nitrogen and oxygen atoms in total. The van der Waals surface area contributed by atoms with Gasteiger partial charge < -0.3 is 14.8 Å². The highest BCUT2D eigenvalue weighted by atomic mass is 16.5. The topological polar surface area (TPSA) is 147 Å². The average Bonchev–Trinajstić information content (AvgIpc) is 3.02. The highest BCUT2D eigenvalue weighted by Crippen LogP contribution is 2.12. The standard InChI is InChI=1S/C13H10N6O4/c20-9-2-1-8(17-18-9)13(22)15-6-11-16-12(19-23-11)7-3-4-14-10(21)5-7/h1-5H,6H2,(H,14,21)(H,15,22)(H,18,20). The molecule has 3 heterocycles. The van der Waals surface area contributed by atoms with Crippen LogP contribution in [0, 0.1) is 0 Å². The van der Waals surface area contributed by atoms with Gasteiger partial charge in [0.1, 0.15) is 5.69 Å². The molecule has 0 fully saturated rings. The molecule has 0 saturated carbocycles. The molecule has 10 heteroatoms. The zero-order valence-electron chi connectivity index (χ0n) is 11.6. The number of carbonyl (C=O) groups excluding carboxylic acids is 1. The van der Waals surface area contributed by atoms with E-state index in [1.807, 2.05) is 0 Å². The van der Waals surface area contributed by atoms with Gasteiger partial charge in [-0.05, 0) is 12.1 Å². The van der Waals surface area contributed by atoms with Gasteiger partial charge in [-0.2, -0.15) is 10.1 Å². The fourth-order valence-electron chi connectivity index (χ4n) is 1.74. The molecule has 3 aromatic heterocycles. The van der Waals surface area contributed by atoms with Crippen LogP contribution in [0.1, 0.15) is 16.4 Å². The van der Waals surface area contributed by atoms with E-state index in [0.29, 0.717) is 5.56 Å². The van der Waals surface area contributed by atoms with Gasteiger partial charge in [0.05, 0.1) is 6.54 Å². The van der Waals surface area contributed by atoms with Crippen LogP contribution in [-0.2, 0) is 6.54 Å². The van der Waals surface area contributed by atoms with Crippen molar-refractivity contribution in [2.45, 2.75) is 6.54 Å². The summed E-state index contributed by atoms with van der Waals surface area (Å²) < 4.78 is 5.00. The molecule has 3 aromatic rings. The number of nitrogens with zero attached hydrogens (tertiary/aromatic N) is 3. The van der Waals surface area contributed by atoms with Crippen molar-refractivity contribution in [3.05, 3.63) is 62.8 Å². The molecule has 0 saturated heterocycles. The number of rotatable bonds is 4. The Labute approximate surface area is 127 Å². The molecule has 0 radical (unpaired) electrons. The number of carbonyl (C=O) groups is 1. The Hall–Kier alpha value is -3.56. The Morgan fingerprint density at radius 3 is 2.83 bits per heavy atom. The molecule has 0 spiro atoms. The first-order chi connectivity index (χ1) is 11.1. The van der Waals surface area contributed by atoms with Gasteiger partial charge in [-0.1, -0.05) is 5.16 Å². The lowest BCUT2D eigenvalue weighted by Gasteiger charge is -1.99. The van der Waals surface area contributed by atoms with E-state index in [1.165, 1.54) is 24.4 Å². The van der Waals surface area contributed by atoms with E-state index in [1.54, 1.807) is 6.07 Å². The van der Waals surface area contributed by atoms with E-state index in [-0.39, 0.29) is 29.5 Å². The third-order valence-corrected chi connectivity index (χ3v) is 2.81. The Morgan fingerprint density at radius 1 is 1.22 bits per heavy atom. The Kier molecular flexibility index (Phi) is 3.78. The second-order valence-electron chi connectivity index (χ2n) is 4.44. The number of aromatic nitrogens is 5. The number of hydrogen-bond donors (Lipinski definition) is 3. The number of amides is 1. The summed E-state index contributed by atoms with van der Waals surface area (Å²) in [6.07, 6.45) is 1.47. The van der Waals surface area contributed by atoms with Crippen molar-refractivity contribution in [1.82, 2.24) is 30.6 Å². The molecular formula is C13H10N6O4. The summed E-state index contributed by atoms with van der Waals surface area (Å²) in [5.74, 6) is -0.0993. The van der Waals surface area contributed by atoms with Crippen LogP contribution in [0.25, 0.3) is 11.4 Å². The molecule has 116 valence electrons. The summed E-state index contributed by atoms with van der Waals surface area (Å²) in [6.45, 7) is -0.0180. The first kappa shape index (κ1) is 14.4. The Balaban J connectivity index is 1.67. The molecule has 3 N–H and O–H groups in total. The molecule has 0 aromatic carbocycles. The van der Waals surface area contributed by atoms with E-state index < -0.39 is 11.5 Å². The average molecular weight is 314 g/mol. The van der Waals surface area contributed by atoms with Gasteiger partial charge in [-0.25, -0.2) is 5.10 Å². The third-order valence-electron chi connectivity index (χ3n) is 2.81. The Bertz CT molecular complexity index is 937. The normalized spacial score (nSPS) is 10.4. The van der Waals surface area contributed by atoms with Crippen LogP contribution in [0.2, 0.25) is 0 Å². The lowest BCUT2D eigenvalue weighted by Crippen LogP contribution is -2.25. The monoisotopic (exact) mass is 314 g/mol. The first-order valence-electron chi connectivity index (χ1n) is 6.47. The minimum Gasteiger partial charge on any atom is -0.342 e. The van der Waals surface area contributed by atoms with Crippen molar-refractivity contribution < 1.29 is 9.32 Å². The maximum atomic E-state index is 11.8. The molecular weight excluding hydrogens is 304 g/mol. The molecule has 1 amide bonds. The summed E-state index contributed by atoms with van der Waals surface area (Å²) in [4.78, 5) is 40.5. The largest absolute Gasteiger partial charge is 0.342 e. The van der Waals surface area contributed by atoms with Gasteiger partial charge in [0.15, 0.2) is 0 Å². The lowest BCUT2D eigenvalue weighted by molar-refractivity contribution is 0.0940. The van der Waals surface area contributed by atoms with Crippen molar-refractivity contribution in [2.24, 2.45) is 0 Å². The lowest BCUT2D eigenvalue weighted by atomic mass is 10.2. The van der Waals surface area contributed by atoms with Crippen molar-refractivity contribution in [3.8, 4) is 11.4 Å². The van der Waals surface area contributed by atoms with Gasteiger partial charge in [0.25, 0.3) is 11.5 Å². The van der Waals surface area contributed by atoms with Crippen molar-refractivity contribution in [1.29, 1.82) is 0 Å². The molecule has 3 rings (SSSR count). The van der Waals surface area contributed by atoms with Crippen LogP contribution in [0.3, 0.4) is 0 Å². The SMILES string of the molecule is O=C(NCc1nc(-c2cc[nH]c(=O)c2)no1)c1ccc(=O)[nH]n1. The van der Waals surface area contributed by atoms with Gasteiger partial charge >= 0.3 is 0 Å². The fraction of sp³-hybridized carbons (Fsp3) is 0.0769. The zero-order chi connectivity index (χ0) is 16.2. The Morgan fingerprint density at radius 2 is 2.09 bits per heavy atom. The number of pyridine rings is 1. The van der Waals surface area contributed by atoms with Crippen LogP contribution in [0.15, 0.2) is 44.6 Å². The number of aromatic amines is 2. The number of hydrogen-bond acceptors (Lipinski definition) is 7. The molecule has 0 aliphatic heterocycles. The van der Waals surface area contributed by atoms with E-state index in [0.717, 1.165) is 0 Å². The third kappa shape index (κ3) is 3.37. The molecule has 0 unspecified atom stereocenters. The van der Waals surface area contributed by atoms with Crippen LogP contribution in [0.5, 0.6) is 0 Å². The minimum atomic E-state index is -0.503. The molecule has 0 aliphatic carbocycles. The van der Waals surface area contributed by atoms with E-state index in [4.69, 9.17) is 4.52 Å². The fourth-order valence-corrected chi connectivity index (χ4v) is 1.74. The quantitative estimate of drug-likeness (QED) is 0.584. The van der Waals surface area contributed by atoms with Gasteiger partial charge in [-0.3, -0.25) is 14.4 Å². The first-order valence-corrected chi connectivity index (χ1v) is 6.47. The van der Waals surface area contributed by atoms with E-state index in [9.17, 15) is 14.4 Å². The van der Waals surface area contributed by atoms with Crippen LogP contribution < -0.4 is 16.4 Å². The van der Waals surface area contributed by atoms with E-state index in [2.05, 4.69) is 30.6 Å². The number of H-pyrrole nitrogens is 2. The minimum absolute atomic E-state index is 0.0180. The highest BCUT2D eigenvalue weighted by molar-refractivity contribution is 5.91. The summed E-state index contributed by atoms with van der Waals surface area (Å²) >= 11 is 0. The van der Waals surface area contributed by atoms with Crippen molar-refractivity contribution in [3.63, 3.8) is 0 Å². The van der Waals surface area contributed by atoms with Crippen molar-refractivity contribution in [2.75, 3.05) is 0 Å². The van der Waals surface area contributed by atoms with Gasteiger partial charge in [0.2, 0.25) is 17.3 Å². The number of nitrogens with one attached hydrogen (secondary N) is 3. The predicted molar refractivity (Wildman–Crippen MR) is 76.4 cm³/mol. The molecule has 0 atom stereocenters. The van der Waals surface area contributed by atoms with E-state index >= 15 is 0 Å². The van der Waals surface area contributed by atoms with Crippen LogP contribution in [-0.4, -0.2) is 31.2 Å². The maximum Gasteiger partial charge on any atom is 0.272 e. The molecule has 0 aliphatic rings. The summed E-state index contributed by atoms with van der Waals surface area (Å²) in [7, 11) is 0. The van der Waals surface area contributed by atoms with Crippen LogP contribution in [0.4, 0.5) is 0 Å². The molecule has 23 heavy (non-hydrogen) atoms. The van der Waals surface area contributed by atoms with Gasteiger partial charge in [0, 0.05) is 23.9 Å². The highest BCUT2D eigenvalue weighted by Gasteiger charge is 2.12. The van der Waals surface area contributed by atoms with Crippen molar-refractivity contribution >= 4 is 5.91 Å². The summed E-state index contributed by atoms with van der Waals surface area (Å²) in [6, 6.07) is 5.44. The summed E-state index contributed by atoms with van der Waals surface area (Å²) in [5.41, 5.74) is -0.136. The predicted octanol–water partition coefficient (Wildman–Crippen LogP) is -0.562. The second kappa shape index (κ2) is 6.05.